The summed E-state index contributed by atoms with van der Waals surface area (Å²) >= 11 is 0. The highest BCUT2D eigenvalue weighted by molar-refractivity contribution is 6.04. The van der Waals surface area contributed by atoms with Gasteiger partial charge in [0.2, 0.25) is 0 Å². The molecule has 5 heteroatoms. The van der Waals surface area contributed by atoms with E-state index in [1.807, 2.05) is 41.8 Å². The summed E-state index contributed by atoms with van der Waals surface area (Å²) in [5, 5.41) is 2.99. The van der Waals surface area contributed by atoms with E-state index >= 15 is 0 Å². The summed E-state index contributed by atoms with van der Waals surface area (Å²) in [6.07, 6.45) is 5.27. The minimum Gasteiger partial charge on any atom is -0.372 e. The lowest BCUT2D eigenvalue weighted by Crippen LogP contribution is -2.17. The Hall–Kier alpha value is -2.82. The third kappa shape index (κ3) is 3.05. The number of benzene rings is 1. The van der Waals surface area contributed by atoms with E-state index in [1.54, 1.807) is 0 Å². The standard InChI is InChI=1S/C21H24N4O/c1-3-19-15(2)25-14-16(6-11-20(25)23-19)21(26)22-17-7-9-18(10-8-17)24-12-4-5-13-24/h6-11,14H,3-5,12-13H2,1-2H3,(H,22,26). The van der Waals surface area contributed by atoms with Gasteiger partial charge in [-0.1, -0.05) is 6.92 Å². The number of carbonyl (C=O) groups is 1. The molecule has 3 aromatic rings. The molecule has 1 N–H and O–H groups in total. The maximum atomic E-state index is 12.6. The quantitative estimate of drug-likeness (QED) is 0.773. The Labute approximate surface area is 153 Å². The lowest BCUT2D eigenvalue weighted by atomic mass is 10.2. The highest BCUT2D eigenvalue weighted by Gasteiger charge is 2.13. The Morgan fingerprint density at radius 3 is 2.54 bits per heavy atom. The summed E-state index contributed by atoms with van der Waals surface area (Å²) < 4.78 is 1.99. The number of amides is 1. The Morgan fingerprint density at radius 1 is 1.12 bits per heavy atom. The smallest absolute Gasteiger partial charge is 0.257 e. The summed E-state index contributed by atoms with van der Waals surface area (Å²) in [6.45, 7) is 6.37. The average molecular weight is 348 g/mol. The van der Waals surface area contributed by atoms with E-state index in [4.69, 9.17) is 0 Å². The number of pyridine rings is 1. The van der Waals surface area contributed by atoms with E-state index < -0.39 is 0 Å². The first-order valence-corrected chi connectivity index (χ1v) is 9.29. The molecule has 0 unspecified atom stereocenters. The highest BCUT2D eigenvalue weighted by Crippen LogP contribution is 2.22. The number of nitrogens with zero attached hydrogens (tertiary/aromatic N) is 3. The molecule has 0 saturated carbocycles. The van der Waals surface area contributed by atoms with Gasteiger partial charge in [0, 0.05) is 36.4 Å². The van der Waals surface area contributed by atoms with E-state index in [0.717, 1.165) is 42.2 Å². The third-order valence-corrected chi connectivity index (χ3v) is 5.15. The summed E-state index contributed by atoms with van der Waals surface area (Å²) in [7, 11) is 0. The molecule has 0 spiro atoms. The molecule has 1 saturated heterocycles. The second kappa shape index (κ2) is 6.83. The normalized spacial score (nSPS) is 14.2. The van der Waals surface area contributed by atoms with E-state index in [2.05, 4.69) is 34.3 Å². The van der Waals surface area contributed by atoms with Gasteiger partial charge < -0.3 is 14.6 Å². The first-order chi connectivity index (χ1) is 12.7. The molecule has 1 aliphatic heterocycles. The fraction of sp³-hybridized carbons (Fsp3) is 0.333. The van der Waals surface area contributed by atoms with Crippen LogP contribution in [0.4, 0.5) is 11.4 Å². The predicted molar refractivity (Wildman–Crippen MR) is 105 cm³/mol. The van der Waals surface area contributed by atoms with Crippen molar-refractivity contribution in [2.24, 2.45) is 0 Å². The topological polar surface area (TPSA) is 49.6 Å². The lowest BCUT2D eigenvalue weighted by Gasteiger charge is -2.17. The van der Waals surface area contributed by atoms with Crippen LogP contribution in [0.5, 0.6) is 0 Å². The van der Waals surface area contributed by atoms with Gasteiger partial charge in [0.05, 0.1) is 11.3 Å². The van der Waals surface area contributed by atoms with Gasteiger partial charge in [-0.05, 0) is 62.6 Å². The van der Waals surface area contributed by atoms with Gasteiger partial charge >= 0.3 is 0 Å². The van der Waals surface area contributed by atoms with Crippen molar-refractivity contribution in [2.45, 2.75) is 33.1 Å². The van der Waals surface area contributed by atoms with E-state index in [0.29, 0.717) is 5.56 Å². The number of carbonyl (C=O) groups excluding carboxylic acids is 1. The molecule has 2 aromatic heterocycles. The summed E-state index contributed by atoms with van der Waals surface area (Å²) in [5.41, 5.74) is 5.71. The van der Waals surface area contributed by atoms with Gasteiger partial charge in [-0.25, -0.2) is 4.98 Å². The summed E-state index contributed by atoms with van der Waals surface area (Å²) in [4.78, 5) is 19.6. The van der Waals surface area contributed by atoms with Crippen molar-refractivity contribution in [2.75, 3.05) is 23.3 Å². The first-order valence-electron chi connectivity index (χ1n) is 9.29. The van der Waals surface area contributed by atoms with Crippen LogP contribution in [0.25, 0.3) is 5.65 Å². The number of hydrogen-bond acceptors (Lipinski definition) is 3. The van der Waals surface area contributed by atoms with E-state index in [9.17, 15) is 4.79 Å². The van der Waals surface area contributed by atoms with Crippen molar-refractivity contribution >= 4 is 22.9 Å². The second-order valence-electron chi connectivity index (χ2n) is 6.84. The van der Waals surface area contributed by atoms with Crippen LogP contribution < -0.4 is 10.2 Å². The molecule has 3 heterocycles. The minimum atomic E-state index is -0.105. The average Bonchev–Trinajstić information content (AvgIpc) is 3.30. The van der Waals surface area contributed by atoms with Gasteiger partial charge in [0.15, 0.2) is 0 Å². The summed E-state index contributed by atoms with van der Waals surface area (Å²) in [6, 6.07) is 11.8. The molecule has 4 rings (SSSR count). The van der Waals surface area contributed by atoms with Crippen molar-refractivity contribution in [1.82, 2.24) is 9.38 Å². The number of anilines is 2. The van der Waals surface area contributed by atoms with Crippen LogP contribution in [0, 0.1) is 6.92 Å². The number of rotatable bonds is 4. The molecule has 0 bridgehead atoms. The Kier molecular flexibility index (Phi) is 4.37. The number of fused-ring (bicyclic) bond motifs is 1. The zero-order valence-electron chi connectivity index (χ0n) is 15.3. The van der Waals surface area contributed by atoms with Crippen LogP contribution in [0.15, 0.2) is 42.6 Å². The van der Waals surface area contributed by atoms with Gasteiger partial charge in [-0.3, -0.25) is 4.79 Å². The SMILES string of the molecule is CCc1nc2ccc(C(=O)Nc3ccc(N4CCCC4)cc3)cn2c1C. The van der Waals surface area contributed by atoms with Gasteiger partial charge in [0.1, 0.15) is 5.65 Å². The zero-order chi connectivity index (χ0) is 18.1. The molecule has 1 aromatic carbocycles. The van der Waals surface area contributed by atoms with Crippen molar-refractivity contribution < 1.29 is 4.79 Å². The molecule has 134 valence electrons. The lowest BCUT2D eigenvalue weighted by molar-refractivity contribution is 0.102. The first kappa shape index (κ1) is 16.6. The van der Waals surface area contributed by atoms with Crippen molar-refractivity contribution in [3.63, 3.8) is 0 Å². The van der Waals surface area contributed by atoms with E-state index in [1.165, 1.54) is 18.5 Å². The largest absolute Gasteiger partial charge is 0.372 e. The Morgan fingerprint density at radius 2 is 1.85 bits per heavy atom. The highest BCUT2D eigenvalue weighted by atomic mass is 16.1. The van der Waals surface area contributed by atoms with Crippen LogP contribution in [-0.2, 0) is 6.42 Å². The third-order valence-electron chi connectivity index (χ3n) is 5.15. The molecule has 26 heavy (non-hydrogen) atoms. The van der Waals surface area contributed by atoms with Crippen molar-refractivity contribution in [3.05, 3.63) is 59.5 Å². The van der Waals surface area contributed by atoms with Crippen molar-refractivity contribution in [1.29, 1.82) is 0 Å². The Bertz CT molecular complexity index is 937. The van der Waals surface area contributed by atoms with Crippen LogP contribution in [0.1, 0.15) is 41.5 Å². The van der Waals surface area contributed by atoms with Gasteiger partial charge in [-0.15, -0.1) is 0 Å². The molecule has 0 aliphatic carbocycles. The van der Waals surface area contributed by atoms with Gasteiger partial charge in [0.25, 0.3) is 5.91 Å². The number of hydrogen-bond donors (Lipinski definition) is 1. The minimum absolute atomic E-state index is 0.105. The fourth-order valence-electron chi connectivity index (χ4n) is 3.61. The molecule has 0 atom stereocenters. The molecule has 5 nitrogen and oxygen atoms in total. The monoisotopic (exact) mass is 348 g/mol. The van der Waals surface area contributed by atoms with Crippen LogP contribution in [-0.4, -0.2) is 28.4 Å². The molecular weight excluding hydrogens is 324 g/mol. The molecule has 1 aliphatic rings. The van der Waals surface area contributed by atoms with Crippen LogP contribution >= 0.6 is 0 Å². The fourth-order valence-corrected chi connectivity index (χ4v) is 3.61. The van der Waals surface area contributed by atoms with Crippen LogP contribution in [0.2, 0.25) is 0 Å². The summed E-state index contributed by atoms with van der Waals surface area (Å²) in [5.74, 6) is -0.105. The number of aryl methyl sites for hydroxylation is 2. The molecular formula is C21H24N4O. The van der Waals surface area contributed by atoms with Crippen LogP contribution in [0.3, 0.4) is 0 Å². The second-order valence-corrected chi connectivity index (χ2v) is 6.84. The number of nitrogens with one attached hydrogen (secondary N) is 1. The maximum absolute atomic E-state index is 12.6. The Balaban J connectivity index is 1.52. The zero-order valence-corrected chi connectivity index (χ0v) is 15.3. The van der Waals surface area contributed by atoms with Gasteiger partial charge in [-0.2, -0.15) is 0 Å². The van der Waals surface area contributed by atoms with Crippen molar-refractivity contribution in [3.8, 4) is 0 Å². The molecule has 1 fully saturated rings. The molecule has 0 radical (unpaired) electrons. The number of aromatic nitrogens is 2. The maximum Gasteiger partial charge on any atom is 0.257 e. The van der Waals surface area contributed by atoms with E-state index in [-0.39, 0.29) is 5.91 Å². The number of imidazole rings is 1. The molecule has 1 amide bonds. The predicted octanol–water partition coefficient (Wildman–Crippen LogP) is 4.06.